The number of rotatable bonds is 11. The first-order chi connectivity index (χ1) is 20.0. The van der Waals surface area contributed by atoms with Gasteiger partial charge < -0.3 is 5.32 Å². The average Bonchev–Trinajstić information content (AvgIpc) is 3.00. The van der Waals surface area contributed by atoms with Gasteiger partial charge in [0.25, 0.3) is 5.56 Å². The third-order valence-electron chi connectivity index (χ3n) is 6.99. The highest BCUT2D eigenvalue weighted by molar-refractivity contribution is 8.00. The standard InChI is InChI=1S/C34H32FN3O2S/c1-2-3-18-31(32(39)36-30(25-14-8-5-9-15-25)23-24-12-6-4-7-13-24)41-34-37-29-17-11-10-16-28(29)33(40)38(34)27-21-19-26(35)20-22-27/h4-17,19-22,30-31H,2-3,18,23H2,1H3,(H,36,39). The lowest BCUT2D eigenvalue weighted by Crippen LogP contribution is -2.37. The second kappa shape index (κ2) is 13.4. The molecular formula is C34H32FN3O2S. The van der Waals surface area contributed by atoms with Gasteiger partial charge in [-0.15, -0.1) is 0 Å². The number of hydrogen-bond donors (Lipinski definition) is 1. The van der Waals surface area contributed by atoms with Gasteiger partial charge in [-0.3, -0.25) is 14.2 Å². The van der Waals surface area contributed by atoms with E-state index < -0.39 is 11.1 Å². The van der Waals surface area contributed by atoms with Crippen LogP contribution in [0, 0.1) is 5.82 Å². The molecule has 208 valence electrons. The Morgan fingerprint density at radius 2 is 1.56 bits per heavy atom. The van der Waals surface area contributed by atoms with E-state index in [1.807, 2.05) is 54.6 Å². The molecule has 5 rings (SSSR count). The lowest BCUT2D eigenvalue weighted by Gasteiger charge is -2.24. The minimum Gasteiger partial charge on any atom is -0.348 e. The second-order valence-electron chi connectivity index (χ2n) is 9.94. The van der Waals surface area contributed by atoms with Gasteiger partial charge in [0.1, 0.15) is 5.82 Å². The Balaban J connectivity index is 1.51. The Morgan fingerprint density at radius 3 is 2.27 bits per heavy atom. The summed E-state index contributed by atoms with van der Waals surface area (Å²) in [6.07, 6.45) is 3.03. The predicted octanol–water partition coefficient (Wildman–Crippen LogP) is 7.28. The monoisotopic (exact) mass is 565 g/mol. The van der Waals surface area contributed by atoms with Crippen molar-refractivity contribution in [2.75, 3.05) is 0 Å². The van der Waals surface area contributed by atoms with Gasteiger partial charge in [0.15, 0.2) is 5.16 Å². The Kier molecular flexibility index (Phi) is 9.26. The topological polar surface area (TPSA) is 64.0 Å². The van der Waals surface area contributed by atoms with Crippen molar-refractivity contribution in [2.45, 2.75) is 49.1 Å². The normalized spacial score (nSPS) is 12.6. The van der Waals surface area contributed by atoms with Crippen LogP contribution in [0.5, 0.6) is 0 Å². The summed E-state index contributed by atoms with van der Waals surface area (Å²) < 4.78 is 15.3. The molecule has 0 aliphatic heterocycles. The molecular weight excluding hydrogens is 533 g/mol. The molecule has 2 atom stereocenters. The maximum atomic E-state index is 14.0. The number of aromatic nitrogens is 2. The highest BCUT2D eigenvalue weighted by Crippen LogP contribution is 2.29. The molecule has 41 heavy (non-hydrogen) atoms. The second-order valence-corrected chi connectivity index (χ2v) is 11.1. The molecule has 1 aromatic heterocycles. The van der Waals surface area contributed by atoms with E-state index in [2.05, 4.69) is 24.4 Å². The van der Waals surface area contributed by atoms with E-state index >= 15 is 0 Å². The molecule has 0 fully saturated rings. The van der Waals surface area contributed by atoms with Crippen LogP contribution in [0.1, 0.15) is 43.4 Å². The zero-order valence-corrected chi connectivity index (χ0v) is 23.7. The number of nitrogens with zero attached hydrogens (tertiary/aromatic N) is 2. The number of carbonyl (C=O) groups is 1. The highest BCUT2D eigenvalue weighted by atomic mass is 32.2. The summed E-state index contributed by atoms with van der Waals surface area (Å²) in [4.78, 5) is 32.5. The maximum Gasteiger partial charge on any atom is 0.266 e. The largest absolute Gasteiger partial charge is 0.348 e. The van der Waals surface area contributed by atoms with Crippen molar-refractivity contribution >= 4 is 28.6 Å². The molecule has 4 aromatic carbocycles. The summed E-state index contributed by atoms with van der Waals surface area (Å²) in [5, 5.41) is 3.68. The Labute approximate surface area is 243 Å². The summed E-state index contributed by atoms with van der Waals surface area (Å²) in [6.45, 7) is 2.09. The van der Waals surface area contributed by atoms with Crippen LogP contribution in [0.2, 0.25) is 0 Å². The molecule has 0 radical (unpaired) electrons. The van der Waals surface area contributed by atoms with E-state index in [1.54, 1.807) is 30.3 Å². The van der Waals surface area contributed by atoms with Crippen molar-refractivity contribution in [3.05, 3.63) is 136 Å². The van der Waals surface area contributed by atoms with E-state index in [4.69, 9.17) is 4.98 Å². The fourth-order valence-corrected chi connectivity index (χ4v) is 5.98. The molecule has 7 heteroatoms. The van der Waals surface area contributed by atoms with Crippen LogP contribution < -0.4 is 10.9 Å². The zero-order valence-electron chi connectivity index (χ0n) is 22.9. The number of carbonyl (C=O) groups excluding carboxylic acids is 1. The molecule has 5 nitrogen and oxygen atoms in total. The smallest absolute Gasteiger partial charge is 0.266 e. The summed E-state index contributed by atoms with van der Waals surface area (Å²) in [5.41, 5.74) is 2.94. The van der Waals surface area contributed by atoms with E-state index in [1.165, 1.54) is 28.5 Å². The molecule has 1 N–H and O–H groups in total. The lowest BCUT2D eigenvalue weighted by molar-refractivity contribution is -0.121. The van der Waals surface area contributed by atoms with E-state index in [0.29, 0.717) is 34.6 Å². The third kappa shape index (κ3) is 6.92. The molecule has 0 spiro atoms. The van der Waals surface area contributed by atoms with Crippen LogP contribution in [-0.4, -0.2) is 20.7 Å². The Hall–Kier alpha value is -4.23. The number of amides is 1. The number of fused-ring (bicyclic) bond motifs is 1. The molecule has 0 saturated carbocycles. The molecule has 2 unspecified atom stereocenters. The van der Waals surface area contributed by atoms with E-state index in [-0.39, 0.29) is 17.5 Å². The zero-order chi connectivity index (χ0) is 28.6. The minimum atomic E-state index is -0.489. The van der Waals surface area contributed by atoms with Crippen LogP contribution in [0.4, 0.5) is 4.39 Å². The van der Waals surface area contributed by atoms with Crippen molar-refractivity contribution in [1.82, 2.24) is 14.9 Å². The van der Waals surface area contributed by atoms with Gasteiger partial charge in [-0.05, 0) is 60.4 Å². The first kappa shape index (κ1) is 28.3. The summed E-state index contributed by atoms with van der Waals surface area (Å²) in [5.74, 6) is -0.503. The quantitative estimate of drug-likeness (QED) is 0.135. The van der Waals surface area contributed by atoms with Crippen molar-refractivity contribution in [3.63, 3.8) is 0 Å². The van der Waals surface area contributed by atoms with Crippen LogP contribution >= 0.6 is 11.8 Å². The van der Waals surface area contributed by atoms with Gasteiger partial charge in [-0.25, -0.2) is 9.37 Å². The van der Waals surface area contributed by atoms with Crippen LogP contribution in [0.15, 0.2) is 119 Å². The molecule has 1 heterocycles. The number of benzene rings is 4. The molecule has 0 saturated heterocycles. The van der Waals surface area contributed by atoms with Crippen LogP contribution in [-0.2, 0) is 11.2 Å². The van der Waals surface area contributed by atoms with Crippen molar-refractivity contribution in [1.29, 1.82) is 0 Å². The first-order valence-electron chi connectivity index (χ1n) is 13.9. The van der Waals surface area contributed by atoms with Crippen molar-refractivity contribution in [2.24, 2.45) is 0 Å². The number of halogens is 1. The van der Waals surface area contributed by atoms with E-state index in [9.17, 15) is 14.0 Å². The first-order valence-corrected chi connectivity index (χ1v) is 14.7. The fraction of sp³-hybridized carbons (Fsp3) is 0.206. The van der Waals surface area contributed by atoms with Gasteiger partial charge >= 0.3 is 0 Å². The molecule has 0 bridgehead atoms. The Bertz CT molecular complexity index is 1660. The maximum absolute atomic E-state index is 14.0. The molecule has 0 aliphatic carbocycles. The number of para-hydroxylation sites is 1. The van der Waals surface area contributed by atoms with Crippen molar-refractivity contribution in [3.8, 4) is 5.69 Å². The van der Waals surface area contributed by atoms with Gasteiger partial charge in [0, 0.05) is 0 Å². The summed E-state index contributed by atoms with van der Waals surface area (Å²) >= 11 is 1.28. The predicted molar refractivity (Wildman–Crippen MR) is 164 cm³/mol. The fourth-order valence-electron chi connectivity index (χ4n) is 4.82. The summed E-state index contributed by atoms with van der Waals surface area (Å²) in [7, 11) is 0. The van der Waals surface area contributed by atoms with Gasteiger partial charge in [-0.2, -0.15) is 0 Å². The molecule has 0 aliphatic rings. The van der Waals surface area contributed by atoms with Crippen LogP contribution in [0.25, 0.3) is 16.6 Å². The van der Waals surface area contributed by atoms with Crippen molar-refractivity contribution < 1.29 is 9.18 Å². The number of thioether (sulfide) groups is 1. The number of nitrogens with one attached hydrogen (secondary N) is 1. The highest BCUT2D eigenvalue weighted by Gasteiger charge is 2.26. The van der Waals surface area contributed by atoms with Gasteiger partial charge in [0.2, 0.25) is 5.91 Å². The Morgan fingerprint density at radius 1 is 0.902 bits per heavy atom. The summed E-state index contributed by atoms with van der Waals surface area (Å²) in [6, 6.07) is 32.8. The van der Waals surface area contributed by atoms with Gasteiger partial charge in [-0.1, -0.05) is 104 Å². The molecule has 1 amide bonds. The SMILES string of the molecule is CCCCC(Sc1nc2ccccc2c(=O)n1-c1ccc(F)cc1)C(=O)NC(Cc1ccccc1)c1ccccc1. The van der Waals surface area contributed by atoms with Crippen LogP contribution in [0.3, 0.4) is 0 Å². The number of hydrogen-bond acceptors (Lipinski definition) is 4. The molecule has 5 aromatic rings. The lowest BCUT2D eigenvalue weighted by atomic mass is 9.98. The van der Waals surface area contributed by atoms with E-state index in [0.717, 1.165) is 24.0 Å². The number of unbranched alkanes of at least 4 members (excludes halogenated alkanes) is 1. The van der Waals surface area contributed by atoms with Gasteiger partial charge in [0.05, 0.1) is 27.9 Å². The average molecular weight is 566 g/mol. The minimum absolute atomic E-state index is 0.110. The third-order valence-corrected chi connectivity index (χ3v) is 8.21.